The molecular weight excluding hydrogens is 492 g/mol. The molecule has 0 saturated carbocycles. The van der Waals surface area contributed by atoms with E-state index in [-0.39, 0.29) is 0 Å². The van der Waals surface area contributed by atoms with Crippen molar-refractivity contribution in [3.8, 4) is 39.9 Å². The minimum atomic E-state index is 0.548. The van der Waals surface area contributed by atoms with Crippen LogP contribution in [0.3, 0.4) is 0 Å². The number of para-hydroxylation sites is 2. The molecule has 5 heteroatoms. The van der Waals surface area contributed by atoms with Gasteiger partial charge in [-0.3, -0.25) is 4.57 Å². The van der Waals surface area contributed by atoms with E-state index in [9.17, 15) is 0 Å². The van der Waals surface area contributed by atoms with Gasteiger partial charge in [-0.25, -0.2) is 4.98 Å². The Morgan fingerprint density at radius 3 is 1.88 bits per heavy atom. The summed E-state index contributed by atoms with van der Waals surface area (Å²) in [5, 5.41) is 2.03. The fourth-order valence-corrected chi connectivity index (χ4v) is 5.40. The van der Waals surface area contributed by atoms with Crippen molar-refractivity contribution >= 4 is 33.0 Å². The third-order valence-electron chi connectivity index (χ3n) is 7.27. The van der Waals surface area contributed by atoms with E-state index in [1.807, 2.05) is 78.9 Å². The second kappa shape index (κ2) is 9.03. The van der Waals surface area contributed by atoms with E-state index >= 15 is 0 Å². The lowest BCUT2D eigenvalue weighted by molar-refractivity contribution is 0.672. The second-order valence-electron chi connectivity index (χ2n) is 9.72. The van der Waals surface area contributed by atoms with Crippen molar-refractivity contribution < 1.29 is 4.42 Å². The molecule has 0 bridgehead atoms. The van der Waals surface area contributed by atoms with Crippen LogP contribution in [0.15, 0.2) is 138 Å². The highest BCUT2D eigenvalue weighted by atomic mass is 16.3. The van der Waals surface area contributed by atoms with Crippen LogP contribution >= 0.6 is 0 Å². The molecule has 188 valence electrons. The second-order valence-corrected chi connectivity index (χ2v) is 9.72. The highest BCUT2D eigenvalue weighted by molar-refractivity contribution is 6.16. The maximum atomic E-state index is 6.37. The number of nitrogens with zero attached hydrogens (tertiary/aromatic N) is 4. The Labute approximate surface area is 230 Å². The molecule has 8 aromatic rings. The number of aromatic nitrogens is 4. The van der Waals surface area contributed by atoms with Crippen LogP contribution in [-0.4, -0.2) is 19.5 Å². The summed E-state index contributed by atoms with van der Waals surface area (Å²) in [6.45, 7) is 0. The molecule has 3 aromatic heterocycles. The third-order valence-corrected chi connectivity index (χ3v) is 7.27. The highest BCUT2D eigenvalue weighted by Gasteiger charge is 2.22. The van der Waals surface area contributed by atoms with Crippen molar-refractivity contribution in [2.75, 3.05) is 0 Å². The third kappa shape index (κ3) is 3.60. The Balaban J connectivity index is 1.43. The summed E-state index contributed by atoms with van der Waals surface area (Å²) in [6, 6.07) is 45.1. The SMILES string of the molecule is c1ccc(-c2cccc(-c3nc(-c4ccccc4)nc(-n4c5ccccc5c5oc6ccccc6c54)n3)c2)cc1. The topological polar surface area (TPSA) is 56.7 Å². The van der Waals surface area contributed by atoms with Gasteiger partial charge in [0.1, 0.15) is 11.1 Å². The molecule has 0 aliphatic rings. The summed E-state index contributed by atoms with van der Waals surface area (Å²) in [5.74, 6) is 1.77. The molecule has 0 saturated heterocycles. The minimum Gasteiger partial charge on any atom is -0.454 e. The Hall–Kier alpha value is -5.55. The van der Waals surface area contributed by atoms with Gasteiger partial charge in [-0.05, 0) is 41.5 Å². The number of rotatable bonds is 4. The molecule has 0 aliphatic heterocycles. The molecule has 0 radical (unpaired) electrons. The number of hydrogen-bond acceptors (Lipinski definition) is 4. The Morgan fingerprint density at radius 2 is 1.07 bits per heavy atom. The van der Waals surface area contributed by atoms with Gasteiger partial charge in [-0.1, -0.05) is 103 Å². The van der Waals surface area contributed by atoms with E-state index in [1.165, 1.54) is 0 Å². The van der Waals surface area contributed by atoms with Crippen molar-refractivity contribution in [3.63, 3.8) is 0 Å². The first-order valence-corrected chi connectivity index (χ1v) is 13.2. The van der Waals surface area contributed by atoms with Gasteiger partial charge in [0, 0.05) is 21.9 Å². The van der Waals surface area contributed by atoms with Crippen LogP contribution in [0.1, 0.15) is 0 Å². The maximum Gasteiger partial charge on any atom is 0.238 e. The van der Waals surface area contributed by atoms with Crippen LogP contribution in [0.2, 0.25) is 0 Å². The van der Waals surface area contributed by atoms with Gasteiger partial charge in [0.2, 0.25) is 5.95 Å². The predicted octanol–water partition coefficient (Wildman–Crippen LogP) is 8.72. The average molecular weight is 515 g/mol. The maximum absolute atomic E-state index is 6.37. The number of hydrogen-bond donors (Lipinski definition) is 0. The monoisotopic (exact) mass is 514 g/mol. The molecule has 0 unspecified atom stereocenters. The molecule has 0 amide bonds. The van der Waals surface area contributed by atoms with Gasteiger partial charge < -0.3 is 4.42 Å². The first kappa shape index (κ1) is 22.4. The average Bonchev–Trinajstić information content (AvgIpc) is 3.57. The summed E-state index contributed by atoms with van der Waals surface area (Å²) in [6.07, 6.45) is 0. The summed E-state index contributed by atoms with van der Waals surface area (Å²) in [5.41, 5.74) is 7.69. The van der Waals surface area contributed by atoms with Crippen molar-refractivity contribution in [2.45, 2.75) is 0 Å². The van der Waals surface area contributed by atoms with Crippen LogP contribution in [-0.2, 0) is 0 Å². The summed E-state index contributed by atoms with van der Waals surface area (Å²) >= 11 is 0. The smallest absolute Gasteiger partial charge is 0.238 e. The van der Waals surface area contributed by atoms with Crippen molar-refractivity contribution in [2.24, 2.45) is 0 Å². The Morgan fingerprint density at radius 1 is 0.475 bits per heavy atom. The highest BCUT2D eigenvalue weighted by Crippen LogP contribution is 2.38. The summed E-state index contributed by atoms with van der Waals surface area (Å²) < 4.78 is 8.48. The van der Waals surface area contributed by atoms with Crippen LogP contribution in [0.5, 0.6) is 0 Å². The van der Waals surface area contributed by atoms with Crippen molar-refractivity contribution in [1.29, 1.82) is 0 Å². The van der Waals surface area contributed by atoms with Gasteiger partial charge in [-0.2, -0.15) is 9.97 Å². The number of furan rings is 1. The zero-order valence-electron chi connectivity index (χ0n) is 21.4. The standard InChI is InChI=1S/C35H22N4O/c1-3-12-23(13-4-1)25-16-11-17-26(22-25)34-36-33(24-14-5-2-6-15-24)37-35(38-34)39-29-20-9-7-18-27(29)32-31(39)28-19-8-10-21-30(28)40-32/h1-22H. The lowest BCUT2D eigenvalue weighted by Crippen LogP contribution is -2.06. The molecule has 3 heterocycles. The van der Waals surface area contributed by atoms with Crippen molar-refractivity contribution in [3.05, 3.63) is 133 Å². The lowest BCUT2D eigenvalue weighted by Gasteiger charge is -2.11. The van der Waals surface area contributed by atoms with E-state index in [4.69, 9.17) is 19.4 Å². The van der Waals surface area contributed by atoms with E-state index in [1.54, 1.807) is 0 Å². The van der Waals surface area contributed by atoms with Crippen molar-refractivity contribution in [1.82, 2.24) is 19.5 Å². The Kier molecular flexibility index (Phi) is 5.07. The fourth-order valence-electron chi connectivity index (χ4n) is 5.40. The zero-order chi connectivity index (χ0) is 26.5. The molecule has 40 heavy (non-hydrogen) atoms. The normalized spacial score (nSPS) is 11.5. The molecule has 0 spiro atoms. The molecule has 0 atom stereocenters. The van der Waals surface area contributed by atoms with E-state index in [0.717, 1.165) is 55.2 Å². The first-order chi connectivity index (χ1) is 19.8. The molecule has 5 aromatic carbocycles. The van der Waals surface area contributed by atoms with Gasteiger partial charge in [-0.15, -0.1) is 0 Å². The molecule has 5 nitrogen and oxygen atoms in total. The van der Waals surface area contributed by atoms with E-state index < -0.39 is 0 Å². The number of benzene rings is 5. The zero-order valence-corrected chi connectivity index (χ0v) is 21.4. The van der Waals surface area contributed by atoms with E-state index in [2.05, 4.69) is 59.2 Å². The van der Waals surface area contributed by atoms with Crippen LogP contribution in [0.25, 0.3) is 72.8 Å². The van der Waals surface area contributed by atoms with Gasteiger partial charge in [0.15, 0.2) is 17.2 Å². The summed E-state index contributed by atoms with van der Waals surface area (Å²) in [4.78, 5) is 15.1. The molecular formula is C35H22N4O. The van der Waals surface area contributed by atoms with Crippen LogP contribution < -0.4 is 0 Å². The number of fused-ring (bicyclic) bond motifs is 5. The minimum absolute atomic E-state index is 0.548. The van der Waals surface area contributed by atoms with E-state index in [0.29, 0.717) is 17.6 Å². The quantitative estimate of drug-likeness (QED) is 0.236. The van der Waals surface area contributed by atoms with Crippen LogP contribution in [0, 0.1) is 0 Å². The van der Waals surface area contributed by atoms with Gasteiger partial charge in [0.05, 0.1) is 5.52 Å². The van der Waals surface area contributed by atoms with Gasteiger partial charge in [0.25, 0.3) is 0 Å². The fraction of sp³-hybridized carbons (Fsp3) is 0. The Bertz CT molecular complexity index is 2160. The molecule has 8 rings (SSSR count). The molecule has 0 N–H and O–H groups in total. The predicted molar refractivity (Wildman–Crippen MR) is 160 cm³/mol. The molecule has 0 fully saturated rings. The summed E-state index contributed by atoms with van der Waals surface area (Å²) in [7, 11) is 0. The lowest BCUT2D eigenvalue weighted by atomic mass is 10.0. The largest absolute Gasteiger partial charge is 0.454 e. The first-order valence-electron chi connectivity index (χ1n) is 13.2. The molecule has 0 aliphatic carbocycles. The van der Waals surface area contributed by atoms with Gasteiger partial charge >= 0.3 is 0 Å². The van der Waals surface area contributed by atoms with Crippen LogP contribution in [0.4, 0.5) is 0 Å².